The van der Waals surface area contributed by atoms with Gasteiger partial charge in [-0.25, -0.2) is 4.39 Å². The number of nitrogens with one attached hydrogen (secondary N) is 2. The van der Waals surface area contributed by atoms with Crippen molar-refractivity contribution in [2.24, 2.45) is 16.3 Å². The Morgan fingerprint density at radius 2 is 1.81 bits per heavy atom. The molecule has 2 aliphatic rings. The van der Waals surface area contributed by atoms with E-state index in [0.29, 0.717) is 25.7 Å². The van der Waals surface area contributed by atoms with Crippen LogP contribution in [-0.4, -0.2) is 51.5 Å². The zero-order valence-electron chi connectivity index (χ0n) is 20.1. The van der Waals surface area contributed by atoms with Crippen LogP contribution in [0.3, 0.4) is 0 Å². The fourth-order valence-corrected chi connectivity index (χ4v) is 4.91. The van der Waals surface area contributed by atoms with E-state index >= 15 is 0 Å². The molecule has 2 heterocycles. The van der Waals surface area contributed by atoms with Gasteiger partial charge in [-0.2, -0.15) is 0 Å². The van der Waals surface area contributed by atoms with E-state index in [0.717, 1.165) is 50.5 Å². The number of rotatable bonds is 6. The molecule has 1 aromatic rings. The molecule has 182 valence electrons. The molecular weight excluding hydrogens is 520 g/mol. The highest BCUT2D eigenvalue weighted by Crippen LogP contribution is 2.36. The first-order chi connectivity index (χ1) is 14.8. The molecule has 0 amide bonds. The van der Waals surface area contributed by atoms with Crippen LogP contribution in [0.1, 0.15) is 58.9 Å². The summed E-state index contributed by atoms with van der Waals surface area (Å²) in [5, 5.41) is 6.98. The van der Waals surface area contributed by atoms with Crippen LogP contribution in [0, 0.1) is 17.2 Å². The predicted octanol–water partition coefficient (Wildman–Crippen LogP) is 4.89. The van der Waals surface area contributed by atoms with Crippen molar-refractivity contribution in [2.75, 3.05) is 39.5 Å². The molecule has 3 rings (SSSR count). The Kier molecular flexibility index (Phi) is 10.7. The highest BCUT2D eigenvalue weighted by atomic mass is 127. The van der Waals surface area contributed by atoms with Crippen LogP contribution < -0.4 is 10.6 Å². The number of nitrogens with zero attached hydrogens (tertiary/aromatic N) is 1. The SMILES string of the molecule is CCNC(=NCC1(c2ccc(F)cc2)CCOCC1)NCC1CCCOC1C(C)(C)C.I. The molecule has 5 nitrogen and oxygen atoms in total. The van der Waals surface area contributed by atoms with Crippen molar-refractivity contribution in [3.8, 4) is 0 Å². The number of hydrogen-bond donors (Lipinski definition) is 2. The molecule has 1 aromatic carbocycles. The second-order valence-corrected chi connectivity index (χ2v) is 10.0. The Hall–Kier alpha value is -0.930. The van der Waals surface area contributed by atoms with Gasteiger partial charge in [0, 0.05) is 44.2 Å². The molecule has 2 atom stereocenters. The molecule has 2 fully saturated rings. The minimum atomic E-state index is -0.201. The van der Waals surface area contributed by atoms with Crippen LogP contribution in [0.2, 0.25) is 0 Å². The molecular formula is C25H41FIN3O2. The second-order valence-electron chi connectivity index (χ2n) is 10.0. The zero-order valence-corrected chi connectivity index (χ0v) is 22.4. The van der Waals surface area contributed by atoms with Crippen LogP contribution in [0.25, 0.3) is 0 Å². The van der Waals surface area contributed by atoms with Gasteiger partial charge in [0.05, 0.1) is 12.6 Å². The standard InChI is InChI=1S/C25H40FN3O2.HI/c1-5-27-23(28-17-19-7-6-14-31-22(19)24(2,3)4)29-18-25(12-15-30-16-13-25)20-8-10-21(26)11-9-20;/h8-11,19,22H,5-7,12-18H2,1-4H3,(H2,27,28,29);1H. The Bertz CT molecular complexity index is 715. The van der Waals surface area contributed by atoms with Crippen molar-refractivity contribution < 1.29 is 13.9 Å². The normalized spacial score (nSPS) is 23.8. The van der Waals surface area contributed by atoms with E-state index in [2.05, 4.69) is 38.3 Å². The number of guanidine groups is 1. The molecule has 2 saturated heterocycles. The van der Waals surface area contributed by atoms with Gasteiger partial charge in [-0.05, 0) is 55.7 Å². The lowest BCUT2D eigenvalue weighted by Crippen LogP contribution is -2.48. The van der Waals surface area contributed by atoms with E-state index in [-0.39, 0.29) is 46.7 Å². The van der Waals surface area contributed by atoms with Crippen molar-refractivity contribution in [3.63, 3.8) is 0 Å². The van der Waals surface area contributed by atoms with Gasteiger partial charge in [-0.1, -0.05) is 32.9 Å². The molecule has 7 heteroatoms. The maximum absolute atomic E-state index is 13.5. The van der Waals surface area contributed by atoms with Crippen molar-refractivity contribution in [3.05, 3.63) is 35.6 Å². The van der Waals surface area contributed by atoms with E-state index < -0.39 is 0 Å². The lowest BCUT2D eigenvalue weighted by molar-refractivity contribution is -0.0835. The summed E-state index contributed by atoms with van der Waals surface area (Å²) in [6.07, 6.45) is 4.32. The quantitative estimate of drug-likeness (QED) is 0.295. The van der Waals surface area contributed by atoms with E-state index in [9.17, 15) is 4.39 Å². The average Bonchev–Trinajstić information content (AvgIpc) is 2.76. The molecule has 0 radical (unpaired) electrons. The van der Waals surface area contributed by atoms with Crippen LogP contribution in [0.5, 0.6) is 0 Å². The van der Waals surface area contributed by atoms with E-state index in [1.165, 1.54) is 6.42 Å². The van der Waals surface area contributed by atoms with Gasteiger partial charge in [0.25, 0.3) is 0 Å². The van der Waals surface area contributed by atoms with Gasteiger partial charge < -0.3 is 20.1 Å². The number of halogens is 2. The fraction of sp³-hybridized carbons (Fsp3) is 0.720. The molecule has 0 aliphatic carbocycles. The molecule has 0 saturated carbocycles. The van der Waals surface area contributed by atoms with Crippen molar-refractivity contribution in [1.82, 2.24) is 10.6 Å². The highest BCUT2D eigenvalue weighted by Gasteiger charge is 2.36. The number of hydrogen-bond acceptors (Lipinski definition) is 3. The summed E-state index contributed by atoms with van der Waals surface area (Å²) in [4.78, 5) is 4.98. The van der Waals surface area contributed by atoms with E-state index in [1.54, 1.807) is 12.1 Å². The van der Waals surface area contributed by atoms with Crippen molar-refractivity contribution in [1.29, 1.82) is 0 Å². The summed E-state index contributed by atoms with van der Waals surface area (Å²) in [5.41, 5.74) is 1.15. The van der Waals surface area contributed by atoms with Gasteiger partial charge >= 0.3 is 0 Å². The zero-order chi connectivity index (χ0) is 22.3. The van der Waals surface area contributed by atoms with Crippen LogP contribution in [-0.2, 0) is 14.9 Å². The summed E-state index contributed by atoms with van der Waals surface area (Å²) in [7, 11) is 0. The Morgan fingerprint density at radius 1 is 1.12 bits per heavy atom. The smallest absolute Gasteiger partial charge is 0.191 e. The predicted molar refractivity (Wildman–Crippen MR) is 139 cm³/mol. The molecule has 2 unspecified atom stereocenters. The third kappa shape index (κ3) is 7.29. The first-order valence-electron chi connectivity index (χ1n) is 11.8. The second kappa shape index (κ2) is 12.5. The molecule has 2 aliphatic heterocycles. The maximum atomic E-state index is 13.5. The molecule has 0 bridgehead atoms. The topological polar surface area (TPSA) is 54.9 Å². The van der Waals surface area contributed by atoms with Crippen molar-refractivity contribution >= 4 is 29.9 Å². The molecule has 0 aromatic heterocycles. The lowest BCUT2D eigenvalue weighted by Gasteiger charge is -2.40. The summed E-state index contributed by atoms with van der Waals surface area (Å²) in [6, 6.07) is 6.92. The Balaban J connectivity index is 0.00000363. The molecule has 0 spiro atoms. The van der Waals surface area contributed by atoms with Crippen LogP contribution >= 0.6 is 24.0 Å². The third-order valence-electron chi connectivity index (χ3n) is 6.62. The van der Waals surface area contributed by atoms with Gasteiger partial charge in [-0.3, -0.25) is 4.99 Å². The largest absolute Gasteiger partial charge is 0.381 e. The third-order valence-corrected chi connectivity index (χ3v) is 6.62. The van der Waals surface area contributed by atoms with Crippen LogP contribution in [0.4, 0.5) is 4.39 Å². The number of benzene rings is 1. The van der Waals surface area contributed by atoms with E-state index in [1.807, 2.05) is 12.1 Å². The number of ether oxygens (including phenoxy) is 2. The first kappa shape index (κ1) is 27.3. The Morgan fingerprint density at radius 3 is 2.44 bits per heavy atom. The summed E-state index contributed by atoms with van der Waals surface area (Å²) >= 11 is 0. The average molecular weight is 562 g/mol. The maximum Gasteiger partial charge on any atom is 0.191 e. The van der Waals surface area contributed by atoms with Crippen LogP contribution in [0.15, 0.2) is 29.3 Å². The highest BCUT2D eigenvalue weighted by molar-refractivity contribution is 14.0. The first-order valence-corrected chi connectivity index (χ1v) is 11.8. The molecule has 2 N–H and O–H groups in total. The minimum absolute atomic E-state index is 0. The van der Waals surface area contributed by atoms with Gasteiger partial charge in [0.15, 0.2) is 5.96 Å². The van der Waals surface area contributed by atoms with Gasteiger partial charge in [0.2, 0.25) is 0 Å². The summed E-state index contributed by atoms with van der Waals surface area (Å²) in [5.74, 6) is 1.10. The minimum Gasteiger partial charge on any atom is -0.381 e. The summed E-state index contributed by atoms with van der Waals surface area (Å²) in [6.45, 7) is 13.4. The molecule has 32 heavy (non-hydrogen) atoms. The summed E-state index contributed by atoms with van der Waals surface area (Å²) < 4.78 is 25.3. The lowest BCUT2D eigenvalue weighted by atomic mass is 9.74. The monoisotopic (exact) mass is 561 g/mol. The van der Waals surface area contributed by atoms with Gasteiger partial charge in [0.1, 0.15) is 5.82 Å². The van der Waals surface area contributed by atoms with Gasteiger partial charge in [-0.15, -0.1) is 24.0 Å². The van der Waals surface area contributed by atoms with Crippen molar-refractivity contribution in [2.45, 2.75) is 64.9 Å². The Labute approximate surface area is 210 Å². The number of aliphatic imine (C=N–C) groups is 1. The fourth-order valence-electron chi connectivity index (χ4n) is 4.91. The van der Waals surface area contributed by atoms with E-state index in [4.69, 9.17) is 14.5 Å².